The van der Waals surface area contributed by atoms with Crippen molar-refractivity contribution in [3.8, 4) is 23.1 Å². The molecule has 0 aliphatic rings. The minimum Gasteiger partial charge on any atom is -0.496 e. The number of ether oxygens (including phenoxy) is 2. The molecule has 2 aromatic heterocycles. The molecule has 6 rings (SSSR count). The molecule has 0 spiro atoms. The predicted octanol–water partition coefficient (Wildman–Crippen LogP) is 8.80. The molecule has 0 unspecified atom stereocenters. The van der Waals surface area contributed by atoms with Gasteiger partial charge in [-0.2, -0.15) is 9.78 Å². The first kappa shape index (κ1) is 29.0. The Morgan fingerprint density at radius 2 is 1.76 bits per heavy atom. The highest BCUT2D eigenvalue weighted by Crippen LogP contribution is 2.33. The van der Waals surface area contributed by atoms with Crippen LogP contribution in [0, 0.1) is 7.14 Å². The topological polar surface area (TPSA) is 78.9 Å². The van der Waals surface area contributed by atoms with Gasteiger partial charge in [0.05, 0.1) is 36.8 Å². The van der Waals surface area contributed by atoms with Crippen molar-refractivity contribution in [3.05, 3.63) is 118 Å². The van der Waals surface area contributed by atoms with Gasteiger partial charge in [0.2, 0.25) is 5.82 Å². The Hall–Kier alpha value is -3.13. The number of nitrogens with zero attached hydrogens (tertiary/aromatic N) is 3. The van der Waals surface area contributed by atoms with Crippen molar-refractivity contribution in [3.63, 3.8) is 0 Å². The zero-order valence-corrected chi connectivity index (χ0v) is 27.6. The zero-order valence-electron chi connectivity index (χ0n) is 21.8. The van der Waals surface area contributed by atoms with Gasteiger partial charge in [-0.15, -0.1) is 0 Å². The molecule has 4 aromatic carbocycles. The van der Waals surface area contributed by atoms with Gasteiger partial charge in [0.15, 0.2) is 5.76 Å². The van der Waals surface area contributed by atoms with Gasteiger partial charge in [-0.05, 0) is 105 Å². The molecule has 0 aliphatic carbocycles. The number of para-hydroxylation sites is 1. The van der Waals surface area contributed by atoms with Crippen LogP contribution in [0.2, 0.25) is 10.0 Å². The first-order valence-corrected chi connectivity index (χ1v) is 15.4. The summed E-state index contributed by atoms with van der Waals surface area (Å²) in [6.45, 7) is 0.291. The fourth-order valence-corrected chi connectivity index (χ4v) is 7.01. The Balaban J connectivity index is 1.38. The van der Waals surface area contributed by atoms with Crippen molar-refractivity contribution in [2.45, 2.75) is 6.61 Å². The van der Waals surface area contributed by atoms with E-state index in [1.165, 1.54) is 4.68 Å². The Bertz CT molecular complexity index is 2050. The van der Waals surface area contributed by atoms with Crippen molar-refractivity contribution in [1.29, 1.82) is 0 Å². The van der Waals surface area contributed by atoms with Crippen LogP contribution in [-0.4, -0.2) is 23.0 Å². The summed E-state index contributed by atoms with van der Waals surface area (Å²) in [5, 5.41) is 6.92. The summed E-state index contributed by atoms with van der Waals surface area (Å²) in [5.74, 6) is 2.05. The molecule has 0 bridgehead atoms. The number of aromatic nitrogens is 2. The highest BCUT2D eigenvalue weighted by Gasteiger charge is 2.18. The average molecular weight is 822 g/mol. The third-order valence-corrected chi connectivity index (χ3v) is 8.64. The zero-order chi connectivity index (χ0) is 29.4. The van der Waals surface area contributed by atoms with E-state index in [0.29, 0.717) is 44.6 Å². The maximum Gasteiger partial charge on any atom is 0.282 e. The average Bonchev–Trinajstić information content (AvgIpc) is 3.42. The van der Waals surface area contributed by atoms with E-state index in [1.807, 2.05) is 48.5 Å². The molecule has 42 heavy (non-hydrogen) atoms. The van der Waals surface area contributed by atoms with E-state index in [9.17, 15) is 4.79 Å². The van der Waals surface area contributed by atoms with E-state index < -0.39 is 0 Å². The summed E-state index contributed by atoms with van der Waals surface area (Å²) in [4.78, 5) is 18.4. The summed E-state index contributed by atoms with van der Waals surface area (Å²) < 4.78 is 20.7. The molecule has 7 nitrogen and oxygen atoms in total. The van der Waals surface area contributed by atoms with Gasteiger partial charge in [-0.3, -0.25) is 4.79 Å². The van der Waals surface area contributed by atoms with Gasteiger partial charge in [0.25, 0.3) is 5.56 Å². The van der Waals surface area contributed by atoms with Gasteiger partial charge in [-0.1, -0.05) is 47.5 Å². The van der Waals surface area contributed by atoms with Crippen molar-refractivity contribution in [2.75, 3.05) is 7.11 Å². The second-order valence-corrected chi connectivity index (χ2v) is 12.3. The number of halogens is 4. The number of benzene rings is 4. The highest BCUT2D eigenvalue weighted by atomic mass is 127. The number of fused-ring (bicyclic) bond motifs is 2. The van der Waals surface area contributed by atoms with E-state index >= 15 is 0 Å². The van der Waals surface area contributed by atoms with Gasteiger partial charge in [-0.25, -0.2) is 4.98 Å². The van der Waals surface area contributed by atoms with Gasteiger partial charge < -0.3 is 13.9 Å². The van der Waals surface area contributed by atoms with Crippen LogP contribution in [0.3, 0.4) is 0 Å². The first-order valence-electron chi connectivity index (χ1n) is 12.5. The maximum atomic E-state index is 13.6. The van der Waals surface area contributed by atoms with E-state index in [0.717, 1.165) is 29.4 Å². The van der Waals surface area contributed by atoms with Crippen molar-refractivity contribution < 1.29 is 13.9 Å². The molecule has 0 saturated heterocycles. The SMILES string of the molecule is COc1cccc2oc(-c3nc4ccccc4c(=O)n3N=Cc3cc(I)c(OCc4ccc(Cl)cc4Cl)c(I)c3)cc12. The molecule has 0 aliphatic heterocycles. The fourth-order valence-electron chi connectivity index (χ4n) is 4.42. The van der Waals surface area contributed by atoms with Crippen molar-refractivity contribution in [2.24, 2.45) is 5.10 Å². The van der Waals surface area contributed by atoms with Crippen LogP contribution in [0.4, 0.5) is 0 Å². The van der Waals surface area contributed by atoms with Crippen LogP contribution in [-0.2, 0) is 6.61 Å². The standard InChI is InChI=1S/C31H19Cl2I2N3O4/c1-40-26-7-4-8-27-21(26)14-28(42-27)30-37-25-6-3-2-5-20(25)31(39)38(30)36-15-17-11-23(34)29(24(35)12-17)41-16-18-9-10-19(32)13-22(18)33/h2-15H,16H2,1H3. The Morgan fingerprint density at radius 3 is 2.52 bits per heavy atom. The van der Waals surface area contributed by atoms with Crippen LogP contribution in [0.5, 0.6) is 11.5 Å². The minimum atomic E-state index is -0.316. The monoisotopic (exact) mass is 821 g/mol. The molecule has 0 saturated carbocycles. The molecule has 2 heterocycles. The van der Waals surface area contributed by atoms with Crippen molar-refractivity contribution in [1.82, 2.24) is 9.66 Å². The largest absolute Gasteiger partial charge is 0.496 e. The lowest BCUT2D eigenvalue weighted by molar-refractivity contribution is 0.302. The Labute approximate surface area is 277 Å². The second-order valence-electron chi connectivity index (χ2n) is 9.13. The lowest BCUT2D eigenvalue weighted by Crippen LogP contribution is -2.20. The molecule has 0 fully saturated rings. The van der Waals surface area contributed by atoms with Gasteiger partial charge >= 0.3 is 0 Å². The molecule has 0 radical (unpaired) electrons. The summed E-state index contributed by atoms with van der Waals surface area (Å²) in [7, 11) is 1.60. The third kappa shape index (κ3) is 5.75. The van der Waals surface area contributed by atoms with E-state index in [4.69, 9.17) is 42.1 Å². The van der Waals surface area contributed by atoms with E-state index in [1.54, 1.807) is 43.7 Å². The molecular weight excluding hydrogens is 803 g/mol. The summed E-state index contributed by atoms with van der Waals surface area (Å²) >= 11 is 16.8. The number of hydrogen-bond donors (Lipinski definition) is 0. The quantitative estimate of drug-likeness (QED) is 0.119. The molecule has 0 N–H and O–H groups in total. The maximum absolute atomic E-state index is 13.6. The predicted molar refractivity (Wildman–Crippen MR) is 183 cm³/mol. The van der Waals surface area contributed by atoms with Crippen LogP contribution in [0.25, 0.3) is 33.5 Å². The summed E-state index contributed by atoms with van der Waals surface area (Å²) in [6, 6.07) is 23.7. The number of hydrogen-bond acceptors (Lipinski definition) is 6. The van der Waals surface area contributed by atoms with Crippen LogP contribution >= 0.6 is 68.4 Å². The first-order chi connectivity index (χ1) is 20.3. The molecule has 210 valence electrons. The molecule has 0 atom stereocenters. The smallest absolute Gasteiger partial charge is 0.282 e. The molecule has 0 amide bonds. The normalized spacial score (nSPS) is 11.5. The van der Waals surface area contributed by atoms with E-state index in [-0.39, 0.29) is 11.4 Å². The summed E-state index contributed by atoms with van der Waals surface area (Å²) in [5.41, 5.74) is 2.45. The minimum absolute atomic E-state index is 0.275. The van der Waals surface area contributed by atoms with E-state index in [2.05, 4.69) is 50.3 Å². The Morgan fingerprint density at radius 1 is 0.976 bits per heavy atom. The van der Waals surface area contributed by atoms with Crippen LogP contribution in [0.15, 0.2) is 93.2 Å². The molecule has 11 heteroatoms. The van der Waals surface area contributed by atoms with Crippen LogP contribution in [0.1, 0.15) is 11.1 Å². The highest BCUT2D eigenvalue weighted by molar-refractivity contribution is 14.1. The second kappa shape index (κ2) is 12.2. The number of rotatable bonds is 7. The van der Waals surface area contributed by atoms with Crippen LogP contribution < -0.4 is 15.0 Å². The third-order valence-electron chi connectivity index (χ3n) is 6.45. The fraction of sp³-hybridized carbons (Fsp3) is 0.0645. The van der Waals surface area contributed by atoms with Gasteiger partial charge in [0, 0.05) is 15.6 Å². The van der Waals surface area contributed by atoms with Gasteiger partial charge in [0.1, 0.15) is 23.7 Å². The molecule has 6 aromatic rings. The number of furan rings is 1. The lowest BCUT2D eigenvalue weighted by atomic mass is 10.2. The lowest BCUT2D eigenvalue weighted by Gasteiger charge is -2.12. The number of methoxy groups -OCH3 is 1. The summed E-state index contributed by atoms with van der Waals surface area (Å²) in [6.07, 6.45) is 1.62. The molecular formula is C31H19Cl2I2N3O4. The van der Waals surface area contributed by atoms with Crippen molar-refractivity contribution >= 4 is 96.5 Å². The Kier molecular flexibility index (Phi) is 8.44.